The topological polar surface area (TPSA) is 81.2 Å². The second-order valence-corrected chi connectivity index (χ2v) is 4.99. The van der Waals surface area contributed by atoms with E-state index in [4.69, 9.17) is 9.47 Å². The second-order valence-electron chi connectivity index (χ2n) is 4.99. The summed E-state index contributed by atoms with van der Waals surface area (Å²) in [6, 6.07) is 11.3. The standard InChI is InChI=1S/C17H16FN5O2/c1-24-13-7-8-14(15(9-13)25-2)21-17-22-16(10-19-23-17)20-12-5-3-11(18)4-6-12/h3-10H,1-2H3,(H2,20,21,22,23). The Morgan fingerprint density at radius 1 is 0.960 bits per heavy atom. The maximum absolute atomic E-state index is 13.0. The van der Waals surface area contributed by atoms with Crippen LogP contribution in [0.4, 0.5) is 27.5 Å². The molecule has 0 aliphatic rings. The largest absolute Gasteiger partial charge is 0.497 e. The molecule has 128 valence electrons. The Hall–Kier alpha value is -3.42. The van der Waals surface area contributed by atoms with Gasteiger partial charge < -0.3 is 20.1 Å². The van der Waals surface area contributed by atoms with Gasteiger partial charge in [0, 0.05) is 11.8 Å². The zero-order valence-electron chi connectivity index (χ0n) is 13.7. The van der Waals surface area contributed by atoms with Crippen LogP contribution < -0.4 is 20.1 Å². The normalized spacial score (nSPS) is 10.2. The summed E-state index contributed by atoms with van der Waals surface area (Å²) >= 11 is 0. The average Bonchev–Trinajstić information content (AvgIpc) is 2.64. The van der Waals surface area contributed by atoms with E-state index in [1.807, 2.05) is 0 Å². The van der Waals surface area contributed by atoms with Crippen molar-refractivity contribution in [3.8, 4) is 11.5 Å². The zero-order chi connectivity index (χ0) is 17.6. The monoisotopic (exact) mass is 341 g/mol. The molecule has 0 aliphatic heterocycles. The molecule has 0 saturated carbocycles. The molecule has 2 N–H and O–H groups in total. The van der Waals surface area contributed by atoms with E-state index in [1.54, 1.807) is 44.6 Å². The number of benzene rings is 2. The number of nitrogens with one attached hydrogen (secondary N) is 2. The van der Waals surface area contributed by atoms with Crippen molar-refractivity contribution in [1.29, 1.82) is 0 Å². The van der Waals surface area contributed by atoms with E-state index in [2.05, 4.69) is 25.8 Å². The molecule has 1 heterocycles. The Morgan fingerprint density at radius 3 is 2.48 bits per heavy atom. The van der Waals surface area contributed by atoms with Crippen molar-refractivity contribution in [2.45, 2.75) is 0 Å². The van der Waals surface area contributed by atoms with Crippen molar-refractivity contribution in [3.05, 3.63) is 54.5 Å². The lowest BCUT2D eigenvalue weighted by atomic mass is 10.2. The molecular weight excluding hydrogens is 325 g/mol. The second kappa shape index (κ2) is 7.43. The highest BCUT2D eigenvalue weighted by Gasteiger charge is 2.08. The quantitative estimate of drug-likeness (QED) is 0.710. The number of aromatic nitrogens is 3. The number of anilines is 4. The number of hydrogen-bond donors (Lipinski definition) is 2. The van der Waals surface area contributed by atoms with Crippen molar-refractivity contribution in [1.82, 2.24) is 15.2 Å². The van der Waals surface area contributed by atoms with Crippen molar-refractivity contribution in [2.75, 3.05) is 24.9 Å². The first-order chi connectivity index (χ1) is 12.2. The van der Waals surface area contributed by atoms with Gasteiger partial charge in [-0.3, -0.25) is 0 Å². The average molecular weight is 341 g/mol. The molecule has 2 aromatic carbocycles. The van der Waals surface area contributed by atoms with Crippen molar-refractivity contribution in [3.63, 3.8) is 0 Å². The molecule has 3 aromatic rings. The molecule has 0 atom stereocenters. The van der Waals surface area contributed by atoms with Crippen LogP contribution in [-0.4, -0.2) is 29.4 Å². The van der Waals surface area contributed by atoms with Crippen LogP contribution in [0.3, 0.4) is 0 Å². The summed E-state index contributed by atoms with van der Waals surface area (Å²) in [4.78, 5) is 4.33. The first kappa shape index (κ1) is 16.4. The van der Waals surface area contributed by atoms with Crippen LogP contribution in [0.1, 0.15) is 0 Å². The van der Waals surface area contributed by atoms with Gasteiger partial charge in [0.05, 0.1) is 26.1 Å². The third-order valence-corrected chi connectivity index (χ3v) is 3.33. The van der Waals surface area contributed by atoms with Gasteiger partial charge in [0.15, 0.2) is 5.82 Å². The molecule has 0 saturated heterocycles. The molecule has 3 rings (SSSR count). The molecule has 0 unspecified atom stereocenters. The molecule has 0 radical (unpaired) electrons. The molecule has 7 nitrogen and oxygen atoms in total. The maximum atomic E-state index is 13.0. The first-order valence-corrected chi connectivity index (χ1v) is 7.39. The fourth-order valence-corrected chi connectivity index (χ4v) is 2.12. The Morgan fingerprint density at radius 2 is 1.76 bits per heavy atom. The molecule has 1 aromatic heterocycles. The number of rotatable bonds is 6. The minimum absolute atomic E-state index is 0.288. The molecule has 0 bridgehead atoms. The van der Waals surface area contributed by atoms with Gasteiger partial charge in [-0.2, -0.15) is 10.1 Å². The summed E-state index contributed by atoms with van der Waals surface area (Å²) in [7, 11) is 3.14. The molecule has 0 spiro atoms. The lowest BCUT2D eigenvalue weighted by Crippen LogP contribution is -2.03. The van der Waals surface area contributed by atoms with Crippen molar-refractivity contribution < 1.29 is 13.9 Å². The SMILES string of the molecule is COc1ccc(Nc2nncc(Nc3ccc(F)cc3)n2)c(OC)c1. The van der Waals surface area contributed by atoms with Gasteiger partial charge in [-0.05, 0) is 36.4 Å². The van der Waals surface area contributed by atoms with Gasteiger partial charge in [0.25, 0.3) is 0 Å². The summed E-state index contributed by atoms with van der Waals surface area (Å²) in [5.41, 5.74) is 1.36. The third-order valence-electron chi connectivity index (χ3n) is 3.33. The van der Waals surface area contributed by atoms with E-state index in [1.165, 1.54) is 18.3 Å². The maximum Gasteiger partial charge on any atom is 0.249 e. The van der Waals surface area contributed by atoms with E-state index in [9.17, 15) is 4.39 Å². The highest BCUT2D eigenvalue weighted by atomic mass is 19.1. The number of halogens is 1. The fourth-order valence-electron chi connectivity index (χ4n) is 2.12. The number of methoxy groups -OCH3 is 2. The number of nitrogens with zero attached hydrogens (tertiary/aromatic N) is 3. The number of hydrogen-bond acceptors (Lipinski definition) is 7. The molecule has 8 heteroatoms. The van der Waals surface area contributed by atoms with Gasteiger partial charge >= 0.3 is 0 Å². The van der Waals surface area contributed by atoms with E-state index < -0.39 is 0 Å². The number of ether oxygens (including phenoxy) is 2. The van der Waals surface area contributed by atoms with E-state index in [0.29, 0.717) is 28.7 Å². The Kier molecular flexibility index (Phi) is 4.89. The van der Waals surface area contributed by atoms with Crippen LogP contribution >= 0.6 is 0 Å². The van der Waals surface area contributed by atoms with Gasteiger partial charge in [0.2, 0.25) is 5.95 Å². The zero-order valence-corrected chi connectivity index (χ0v) is 13.7. The van der Waals surface area contributed by atoms with Gasteiger partial charge in [0.1, 0.15) is 17.3 Å². The van der Waals surface area contributed by atoms with Gasteiger partial charge in [-0.1, -0.05) is 0 Å². The highest BCUT2D eigenvalue weighted by molar-refractivity contribution is 5.65. The van der Waals surface area contributed by atoms with Gasteiger partial charge in [-0.15, -0.1) is 5.10 Å². The summed E-state index contributed by atoms with van der Waals surface area (Å²) in [5, 5.41) is 13.9. The Balaban J connectivity index is 1.79. The van der Waals surface area contributed by atoms with Crippen LogP contribution in [0, 0.1) is 5.82 Å². The lowest BCUT2D eigenvalue weighted by Gasteiger charge is -2.12. The highest BCUT2D eigenvalue weighted by Crippen LogP contribution is 2.30. The predicted molar refractivity (Wildman–Crippen MR) is 92.3 cm³/mol. The minimum Gasteiger partial charge on any atom is -0.497 e. The smallest absolute Gasteiger partial charge is 0.249 e. The lowest BCUT2D eigenvalue weighted by molar-refractivity contribution is 0.395. The molecule has 0 fully saturated rings. The third kappa shape index (κ3) is 4.11. The molecule has 0 amide bonds. The summed E-state index contributed by atoms with van der Waals surface area (Å²) < 4.78 is 23.5. The van der Waals surface area contributed by atoms with Crippen molar-refractivity contribution in [2.24, 2.45) is 0 Å². The van der Waals surface area contributed by atoms with Gasteiger partial charge in [-0.25, -0.2) is 4.39 Å². The van der Waals surface area contributed by atoms with Crippen LogP contribution in [0.25, 0.3) is 0 Å². The van der Waals surface area contributed by atoms with Crippen LogP contribution in [0.15, 0.2) is 48.7 Å². The van der Waals surface area contributed by atoms with E-state index in [0.717, 1.165) is 0 Å². The molecular formula is C17H16FN5O2. The first-order valence-electron chi connectivity index (χ1n) is 7.39. The Labute approximate surface area is 143 Å². The summed E-state index contributed by atoms with van der Waals surface area (Å²) in [6.07, 6.45) is 1.47. The predicted octanol–water partition coefficient (Wildman–Crippen LogP) is 3.52. The van der Waals surface area contributed by atoms with E-state index >= 15 is 0 Å². The van der Waals surface area contributed by atoms with Crippen LogP contribution in [0.5, 0.6) is 11.5 Å². The molecule has 0 aliphatic carbocycles. The van der Waals surface area contributed by atoms with Crippen LogP contribution in [-0.2, 0) is 0 Å². The van der Waals surface area contributed by atoms with Crippen molar-refractivity contribution >= 4 is 23.1 Å². The summed E-state index contributed by atoms with van der Waals surface area (Å²) in [5.74, 6) is 1.71. The van der Waals surface area contributed by atoms with Crippen LogP contribution in [0.2, 0.25) is 0 Å². The Bertz CT molecular complexity index is 858. The summed E-state index contributed by atoms with van der Waals surface area (Å²) in [6.45, 7) is 0. The minimum atomic E-state index is -0.305. The fraction of sp³-hybridized carbons (Fsp3) is 0.118. The van der Waals surface area contributed by atoms with E-state index in [-0.39, 0.29) is 11.8 Å². The molecule has 25 heavy (non-hydrogen) atoms.